The topological polar surface area (TPSA) is 86.4 Å². The average Bonchev–Trinajstić information content (AvgIpc) is 2.39. The van der Waals surface area contributed by atoms with Crippen LogP contribution in [0.15, 0.2) is 23.4 Å². The number of rotatable bonds is 8. The summed E-state index contributed by atoms with van der Waals surface area (Å²) >= 11 is 11.4. The number of quaternary nitrogens is 1. The molecule has 0 aromatic carbocycles. The molecule has 1 aliphatic carbocycles. The lowest BCUT2D eigenvalue weighted by Gasteiger charge is -2.44. The molecule has 114 valence electrons. The summed E-state index contributed by atoms with van der Waals surface area (Å²) in [5, 5.41) is 21.4. The van der Waals surface area contributed by atoms with Gasteiger partial charge < -0.3 is 20.7 Å². The van der Waals surface area contributed by atoms with Crippen LogP contribution in [0, 0.1) is 5.21 Å². The predicted octanol–water partition coefficient (Wildman–Crippen LogP) is 2.18. The molecule has 1 aliphatic rings. The van der Waals surface area contributed by atoms with Crippen LogP contribution in [-0.2, 0) is 4.79 Å². The third-order valence-electron chi connectivity index (χ3n) is 3.43. The first kappa shape index (κ1) is 17.5. The number of allylic oxidation sites excluding steroid dienone is 3. The minimum Gasteiger partial charge on any atom is -0.628 e. The molecule has 1 atom stereocenters. The molecule has 0 fully saturated rings. The SMILES string of the molecule is NC(CC1=CC=C([N+]([O-])(CCCl)CCCl)CC1)C(=O)O. The van der Waals surface area contributed by atoms with Crippen molar-refractivity contribution in [2.45, 2.75) is 25.3 Å². The molecule has 0 bridgehead atoms. The Bertz CT molecular complexity index is 404. The van der Waals surface area contributed by atoms with Gasteiger partial charge >= 0.3 is 5.97 Å². The van der Waals surface area contributed by atoms with Crippen molar-refractivity contribution < 1.29 is 14.5 Å². The minimum absolute atomic E-state index is 0.276. The van der Waals surface area contributed by atoms with Gasteiger partial charge in [-0.1, -0.05) is 11.6 Å². The largest absolute Gasteiger partial charge is 0.628 e. The first-order valence-corrected chi connectivity index (χ1v) is 7.57. The van der Waals surface area contributed by atoms with Crippen molar-refractivity contribution in [3.63, 3.8) is 0 Å². The molecule has 0 saturated carbocycles. The first-order valence-electron chi connectivity index (χ1n) is 6.50. The molecule has 0 aromatic heterocycles. The molecule has 3 N–H and O–H groups in total. The van der Waals surface area contributed by atoms with E-state index >= 15 is 0 Å². The van der Waals surface area contributed by atoms with E-state index in [2.05, 4.69) is 0 Å². The van der Waals surface area contributed by atoms with Gasteiger partial charge in [-0.3, -0.25) is 4.79 Å². The maximum Gasteiger partial charge on any atom is 0.320 e. The van der Waals surface area contributed by atoms with Crippen LogP contribution >= 0.6 is 23.2 Å². The molecule has 0 radical (unpaired) electrons. The highest BCUT2D eigenvalue weighted by Crippen LogP contribution is 2.28. The Morgan fingerprint density at radius 3 is 2.35 bits per heavy atom. The van der Waals surface area contributed by atoms with E-state index in [0.717, 1.165) is 11.3 Å². The Labute approximate surface area is 128 Å². The minimum atomic E-state index is -1.01. The van der Waals surface area contributed by atoms with Gasteiger partial charge in [0.05, 0.1) is 24.8 Å². The van der Waals surface area contributed by atoms with Crippen molar-refractivity contribution in [3.05, 3.63) is 28.6 Å². The highest BCUT2D eigenvalue weighted by Gasteiger charge is 2.25. The molecule has 0 amide bonds. The molecule has 5 nitrogen and oxygen atoms in total. The predicted molar refractivity (Wildman–Crippen MR) is 80.4 cm³/mol. The van der Waals surface area contributed by atoms with Crippen molar-refractivity contribution in [2.75, 3.05) is 24.8 Å². The van der Waals surface area contributed by atoms with Crippen LogP contribution in [0.5, 0.6) is 0 Å². The number of nitrogens with two attached hydrogens (primary N) is 1. The summed E-state index contributed by atoms with van der Waals surface area (Å²) in [6.07, 6.45) is 5.12. The lowest BCUT2D eigenvalue weighted by Crippen LogP contribution is -2.44. The zero-order valence-corrected chi connectivity index (χ0v) is 12.7. The van der Waals surface area contributed by atoms with E-state index < -0.39 is 16.7 Å². The van der Waals surface area contributed by atoms with Gasteiger partial charge in [0.1, 0.15) is 11.7 Å². The number of alkyl halides is 2. The van der Waals surface area contributed by atoms with E-state index in [-0.39, 0.29) is 24.8 Å². The summed E-state index contributed by atoms with van der Waals surface area (Å²) in [4.78, 5) is 10.7. The van der Waals surface area contributed by atoms with Crippen molar-refractivity contribution in [3.8, 4) is 0 Å². The second-order valence-corrected chi connectivity index (χ2v) is 5.60. The molecule has 7 heteroatoms. The summed E-state index contributed by atoms with van der Waals surface area (Å²) in [5.41, 5.74) is 7.19. The number of hydrogen-bond donors (Lipinski definition) is 2. The quantitative estimate of drug-likeness (QED) is 0.407. The van der Waals surface area contributed by atoms with Crippen LogP contribution in [0.25, 0.3) is 0 Å². The molecular weight excluding hydrogens is 303 g/mol. The zero-order chi connectivity index (χ0) is 15.2. The molecular formula is C13H20Cl2N2O3. The van der Waals surface area contributed by atoms with E-state index in [9.17, 15) is 10.0 Å². The second kappa shape index (κ2) is 8.00. The number of halogens is 2. The number of carboxylic acids is 1. The number of carboxylic acid groups (broad SMARTS) is 1. The fourth-order valence-electron chi connectivity index (χ4n) is 2.22. The Balaban J connectivity index is 2.77. The van der Waals surface area contributed by atoms with Gasteiger partial charge in [0.25, 0.3) is 0 Å². The van der Waals surface area contributed by atoms with Gasteiger partial charge in [-0.25, -0.2) is 0 Å². The van der Waals surface area contributed by atoms with Crippen molar-refractivity contribution in [1.82, 2.24) is 0 Å². The van der Waals surface area contributed by atoms with E-state index in [4.69, 9.17) is 34.0 Å². The van der Waals surface area contributed by atoms with Gasteiger partial charge in [0, 0.05) is 6.42 Å². The van der Waals surface area contributed by atoms with E-state index in [1.807, 2.05) is 0 Å². The van der Waals surface area contributed by atoms with E-state index in [1.165, 1.54) is 0 Å². The number of nitrogens with zero attached hydrogens (tertiary/aromatic N) is 1. The van der Waals surface area contributed by atoms with Crippen LogP contribution in [-0.4, -0.2) is 46.6 Å². The third-order valence-corrected chi connectivity index (χ3v) is 3.77. The summed E-state index contributed by atoms with van der Waals surface area (Å²) in [6.45, 7) is 0.579. The molecule has 1 unspecified atom stereocenters. The molecule has 0 aliphatic heterocycles. The molecule has 0 saturated heterocycles. The standard InChI is InChI=1S/C13H20Cl2N2O3/c14-5-7-17(20,8-6-15)11-3-1-10(2-4-11)9-12(16)13(18)19/h1,3,12H,2,4-9,16H2,(H,18,19). The van der Waals surface area contributed by atoms with Gasteiger partial charge in [0.2, 0.25) is 0 Å². The lowest BCUT2D eigenvalue weighted by molar-refractivity contribution is -0.839. The van der Waals surface area contributed by atoms with Gasteiger partial charge in [-0.05, 0) is 18.9 Å². The summed E-state index contributed by atoms with van der Waals surface area (Å²) in [6, 6.07) is -0.895. The molecule has 0 spiro atoms. The number of hydroxylamine groups is 3. The average molecular weight is 323 g/mol. The first-order chi connectivity index (χ1) is 9.42. The van der Waals surface area contributed by atoms with Crippen molar-refractivity contribution in [1.29, 1.82) is 0 Å². The van der Waals surface area contributed by atoms with Gasteiger partial charge in [-0.2, -0.15) is 0 Å². The molecule has 0 heterocycles. The lowest BCUT2D eigenvalue weighted by atomic mass is 9.96. The Morgan fingerprint density at radius 1 is 1.35 bits per heavy atom. The molecule has 1 rings (SSSR count). The smallest absolute Gasteiger partial charge is 0.320 e. The van der Waals surface area contributed by atoms with Gasteiger partial charge in [-0.15, -0.1) is 23.2 Å². The Kier molecular flexibility index (Phi) is 6.99. The van der Waals surface area contributed by atoms with Crippen LogP contribution < -0.4 is 5.73 Å². The summed E-state index contributed by atoms with van der Waals surface area (Å²) in [7, 11) is 0. The van der Waals surface area contributed by atoms with E-state index in [0.29, 0.717) is 19.3 Å². The Morgan fingerprint density at radius 2 is 1.95 bits per heavy atom. The maximum absolute atomic E-state index is 12.6. The van der Waals surface area contributed by atoms with Crippen LogP contribution in [0.1, 0.15) is 19.3 Å². The third kappa shape index (κ3) is 4.75. The van der Waals surface area contributed by atoms with Crippen LogP contribution in [0.4, 0.5) is 0 Å². The second-order valence-electron chi connectivity index (χ2n) is 4.85. The van der Waals surface area contributed by atoms with Crippen LogP contribution in [0.2, 0.25) is 0 Å². The zero-order valence-electron chi connectivity index (χ0n) is 11.2. The summed E-state index contributed by atoms with van der Waals surface area (Å²) < 4.78 is -0.498. The van der Waals surface area contributed by atoms with Crippen molar-refractivity contribution >= 4 is 29.2 Å². The number of aliphatic carboxylic acids is 1. The highest BCUT2D eigenvalue weighted by atomic mass is 35.5. The summed E-state index contributed by atoms with van der Waals surface area (Å²) in [5.74, 6) is -0.463. The van der Waals surface area contributed by atoms with Crippen LogP contribution in [0.3, 0.4) is 0 Å². The highest BCUT2D eigenvalue weighted by molar-refractivity contribution is 6.18. The molecule has 0 aromatic rings. The fraction of sp³-hybridized carbons (Fsp3) is 0.615. The normalized spacial score (nSPS) is 17.4. The van der Waals surface area contributed by atoms with Crippen molar-refractivity contribution in [2.24, 2.45) is 5.73 Å². The number of carbonyl (C=O) groups is 1. The maximum atomic E-state index is 12.6. The van der Waals surface area contributed by atoms with E-state index in [1.54, 1.807) is 12.2 Å². The van der Waals surface area contributed by atoms with Gasteiger partial charge in [0.15, 0.2) is 0 Å². The number of hydrogen-bond acceptors (Lipinski definition) is 3. The fourth-order valence-corrected chi connectivity index (χ4v) is 2.77. The molecule has 20 heavy (non-hydrogen) atoms. The Hall–Kier alpha value is -0.590. The monoisotopic (exact) mass is 322 g/mol.